The van der Waals surface area contributed by atoms with Crippen LogP contribution in [0.15, 0.2) is 12.5 Å². The third-order valence-corrected chi connectivity index (χ3v) is 4.26. The molecule has 2 aliphatic rings. The molecule has 1 aromatic rings. The summed E-state index contributed by atoms with van der Waals surface area (Å²) in [6, 6.07) is 1.50. The highest BCUT2D eigenvalue weighted by Crippen LogP contribution is 2.21. The SMILES string of the molecule is CCCn1cncc1CN1CCC2CCC(C1)N2. The number of nitrogens with one attached hydrogen (secondary N) is 1. The van der Waals surface area contributed by atoms with E-state index in [0.717, 1.165) is 25.2 Å². The van der Waals surface area contributed by atoms with Crippen LogP contribution in [-0.4, -0.2) is 39.6 Å². The van der Waals surface area contributed by atoms with Crippen LogP contribution in [0.1, 0.15) is 38.3 Å². The van der Waals surface area contributed by atoms with Crippen molar-refractivity contribution in [3.63, 3.8) is 0 Å². The minimum atomic E-state index is 0.722. The second-order valence-corrected chi connectivity index (χ2v) is 5.74. The highest BCUT2D eigenvalue weighted by molar-refractivity contribution is 5.00. The van der Waals surface area contributed by atoms with E-state index in [1.54, 1.807) is 0 Å². The lowest BCUT2D eigenvalue weighted by Crippen LogP contribution is -2.35. The van der Waals surface area contributed by atoms with Crippen LogP contribution in [0.25, 0.3) is 0 Å². The third kappa shape index (κ3) is 2.59. The molecule has 100 valence electrons. The smallest absolute Gasteiger partial charge is 0.0948 e. The van der Waals surface area contributed by atoms with Gasteiger partial charge in [-0.3, -0.25) is 4.90 Å². The Kier molecular flexibility index (Phi) is 3.66. The Labute approximate surface area is 109 Å². The first-order valence-corrected chi connectivity index (χ1v) is 7.32. The Morgan fingerprint density at radius 1 is 1.33 bits per heavy atom. The summed E-state index contributed by atoms with van der Waals surface area (Å²) in [4.78, 5) is 6.90. The third-order valence-electron chi connectivity index (χ3n) is 4.26. The summed E-state index contributed by atoms with van der Waals surface area (Å²) in [6.07, 6.45) is 9.23. The summed E-state index contributed by atoms with van der Waals surface area (Å²) in [7, 11) is 0. The lowest BCUT2D eigenvalue weighted by molar-refractivity contribution is 0.245. The molecular formula is C14H24N4. The van der Waals surface area contributed by atoms with Gasteiger partial charge >= 0.3 is 0 Å². The zero-order chi connectivity index (χ0) is 12.4. The summed E-state index contributed by atoms with van der Waals surface area (Å²) in [6.45, 7) is 6.80. The molecule has 18 heavy (non-hydrogen) atoms. The van der Waals surface area contributed by atoms with Gasteiger partial charge in [0.15, 0.2) is 0 Å². The molecule has 0 spiro atoms. The highest BCUT2D eigenvalue weighted by atomic mass is 15.2. The average molecular weight is 248 g/mol. The van der Waals surface area contributed by atoms with Gasteiger partial charge in [0, 0.05) is 44.5 Å². The van der Waals surface area contributed by atoms with Crippen LogP contribution < -0.4 is 5.32 Å². The first-order chi connectivity index (χ1) is 8.85. The molecule has 4 heteroatoms. The molecule has 2 bridgehead atoms. The fourth-order valence-corrected chi connectivity index (χ4v) is 3.31. The first kappa shape index (κ1) is 12.2. The van der Waals surface area contributed by atoms with Gasteiger partial charge in [-0.15, -0.1) is 0 Å². The monoisotopic (exact) mass is 248 g/mol. The Bertz CT molecular complexity index is 387. The topological polar surface area (TPSA) is 33.1 Å². The van der Waals surface area contributed by atoms with Crippen LogP contribution in [0.4, 0.5) is 0 Å². The van der Waals surface area contributed by atoms with Gasteiger partial charge in [-0.2, -0.15) is 0 Å². The minimum absolute atomic E-state index is 0.722. The maximum atomic E-state index is 4.30. The van der Waals surface area contributed by atoms with Crippen LogP contribution >= 0.6 is 0 Å². The van der Waals surface area contributed by atoms with Crippen molar-refractivity contribution in [3.8, 4) is 0 Å². The molecule has 2 atom stereocenters. The van der Waals surface area contributed by atoms with Crippen LogP contribution in [0.3, 0.4) is 0 Å². The van der Waals surface area contributed by atoms with Crippen molar-refractivity contribution in [2.45, 2.75) is 57.8 Å². The van der Waals surface area contributed by atoms with Crippen molar-refractivity contribution in [2.24, 2.45) is 0 Å². The number of fused-ring (bicyclic) bond motifs is 2. The zero-order valence-electron chi connectivity index (χ0n) is 11.3. The molecule has 0 amide bonds. The summed E-state index contributed by atoms with van der Waals surface area (Å²) < 4.78 is 2.30. The summed E-state index contributed by atoms with van der Waals surface area (Å²) in [5, 5.41) is 3.74. The summed E-state index contributed by atoms with van der Waals surface area (Å²) in [5.41, 5.74) is 1.37. The molecule has 0 saturated carbocycles. The molecule has 2 unspecified atom stereocenters. The van der Waals surface area contributed by atoms with Gasteiger partial charge in [0.1, 0.15) is 0 Å². The van der Waals surface area contributed by atoms with E-state index in [1.807, 2.05) is 12.5 Å². The van der Waals surface area contributed by atoms with Crippen LogP contribution in [0, 0.1) is 0 Å². The second kappa shape index (κ2) is 5.41. The Hall–Kier alpha value is -0.870. The van der Waals surface area contributed by atoms with Crippen molar-refractivity contribution in [1.29, 1.82) is 0 Å². The molecule has 1 N–H and O–H groups in total. The maximum Gasteiger partial charge on any atom is 0.0948 e. The van der Waals surface area contributed by atoms with Gasteiger partial charge < -0.3 is 9.88 Å². The number of hydrogen-bond donors (Lipinski definition) is 1. The van der Waals surface area contributed by atoms with E-state index in [0.29, 0.717) is 0 Å². The lowest BCUT2D eigenvalue weighted by Gasteiger charge is -2.24. The van der Waals surface area contributed by atoms with Crippen molar-refractivity contribution in [2.75, 3.05) is 13.1 Å². The number of likely N-dealkylation sites (tertiary alicyclic amines) is 1. The molecule has 1 aromatic heterocycles. The van der Waals surface area contributed by atoms with E-state index in [-0.39, 0.29) is 0 Å². The fraction of sp³-hybridized carbons (Fsp3) is 0.786. The van der Waals surface area contributed by atoms with Gasteiger partial charge in [-0.1, -0.05) is 6.92 Å². The van der Waals surface area contributed by atoms with E-state index in [9.17, 15) is 0 Å². The largest absolute Gasteiger partial charge is 0.333 e. The molecule has 0 radical (unpaired) electrons. The van der Waals surface area contributed by atoms with E-state index >= 15 is 0 Å². The van der Waals surface area contributed by atoms with Crippen molar-refractivity contribution >= 4 is 0 Å². The number of hydrogen-bond acceptors (Lipinski definition) is 3. The first-order valence-electron chi connectivity index (χ1n) is 7.32. The maximum absolute atomic E-state index is 4.30. The molecule has 0 aliphatic carbocycles. The lowest BCUT2D eigenvalue weighted by atomic mass is 10.1. The minimum Gasteiger partial charge on any atom is -0.333 e. The predicted octanol–water partition coefficient (Wildman–Crippen LogP) is 1.62. The molecule has 0 aromatic carbocycles. The van der Waals surface area contributed by atoms with Gasteiger partial charge in [0.05, 0.1) is 12.0 Å². The fourth-order valence-electron chi connectivity index (χ4n) is 3.31. The molecule has 2 fully saturated rings. The quantitative estimate of drug-likeness (QED) is 0.879. The molecule has 2 aliphatic heterocycles. The van der Waals surface area contributed by atoms with E-state index < -0.39 is 0 Å². The predicted molar refractivity (Wildman–Crippen MR) is 72.4 cm³/mol. The van der Waals surface area contributed by atoms with E-state index in [4.69, 9.17) is 0 Å². The van der Waals surface area contributed by atoms with Gasteiger partial charge in [0.2, 0.25) is 0 Å². The molecule has 4 nitrogen and oxygen atoms in total. The van der Waals surface area contributed by atoms with Gasteiger partial charge in [-0.25, -0.2) is 4.98 Å². The number of imidazole rings is 1. The highest BCUT2D eigenvalue weighted by Gasteiger charge is 2.29. The molecule has 3 heterocycles. The standard InChI is InChI=1S/C14H24N4/c1-2-6-18-11-15-8-14(18)10-17-7-5-12-3-4-13(9-17)16-12/h8,11-13,16H,2-7,9-10H2,1H3. The van der Waals surface area contributed by atoms with E-state index in [1.165, 1.54) is 44.5 Å². The normalized spacial score (nSPS) is 28.5. The second-order valence-electron chi connectivity index (χ2n) is 5.74. The van der Waals surface area contributed by atoms with Crippen molar-refractivity contribution < 1.29 is 0 Å². The molecule has 3 rings (SSSR count). The van der Waals surface area contributed by atoms with Gasteiger partial charge in [-0.05, 0) is 25.7 Å². The molecular weight excluding hydrogens is 224 g/mol. The zero-order valence-corrected chi connectivity index (χ0v) is 11.3. The number of aromatic nitrogens is 2. The Morgan fingerprint density at radius 2 is 2.22 bits per heavy atom. The van der Waals surface area contributed by atoms with Crippen molar-refractivity contribution in [3.05, 3.63) is 18.2 Å². The summed E-state index contributed by atoms with van der Waals surface area (Å²) >= 11 is 0. The van der Waals surface area contributed by atoms with E-state index in [2.05, 4.69) is 26.7 Å². The van der Waals surface area contributed by atoms with Crippen LogP contribution in [-0.2, 0) is 13.1 Å². The van der Waals surface area contributed by atoms with Crippen LogP contribution in [0.2, 0.25) is 0 Å². The van der Waals surface area contributed by atoms with Crippen molar-refractivity contribution in [1.82, 2.24) is 19.8 Å². The van der Waals surface area contributed by atoms with Crippen LogP contribution in [0.5, 0.6) is 0 Å². The average Bonchev–Trinajstić information content (AvgIpc) is 2.90. The van der Waals surface area contributed by atoms with Gasteiger partial charge in [0.25, 0.3) is 0 Å². The Morgan fingerprint density at radius 3 is 3.11 bits per heavy atom. The summed E-state index contributed by atoms with van der Waals surface area (Å²) in [5.74, 6) is 0. The number of nitrogens with zero attached hydrogens (tertiary/aromatic N) is 3. The number of rotatable bonds is 4. The number of aryl methyl sites for hydroxylation is 1. The Balaban J connectivity index is 1.63. The molecule has 2 saturated heterocycles.